The number of aliphatic hydroxyl groups excluding tert-OH is 1. The number of rotatable bonds is 5. The minimum absolute atomic E-state index is 0.105. The van der Waals surface area contributed by atoms with Gasteiger partial charge in [0.25, 0.3) is 0 Å². The van der Waals surface area contributed by atoms with Crippen LogP contribution in [0.4, 0.5) is 5.69 Å². The first-order valence-electron chi connectivity index (χ1n) is 8.21. The van der Waals surface area contributed by atoms with Gasteiger partial charge in [-0.05, 0) is 30.5 Å². The zero-order valence-corrected chi connectivity index (χ0v) is 15.3. The molecule has 1 fully saturated rings. The number of aromatic nitrogens is 1. The molecule has 2 heterocycles. The van der Waals surface area contributed by atoms with Gasteiger partial charge in [0.2, 0.25) is 0 Å². The van der Waals surface area contributed by atoms with Gasteiger partial charge in [-0.15, -0.1) is 0 Å². The molecule has 1 aliphatic rings. The fourth-order valence-corrected chi connectivity index (χ4v) is 4.05. The number of phenols is 1. The maximum Gasteiger partial charge on any atom is 0.354 e. The largest absolute Gasteiger partial charge is 0.506 e. The summed E-state index contributed by atoms with van der Waals surface area (Å²) in [4.78, 5) is 15.0. The van der Waals surface area contributed by atoms with Crippen LogP contribution in [0.15, 0.2) is 18.2 Å². The van der Waals surface area contributed by atoms with E-state index in [9.17, 15) is 24.1 Å². The molecule has 0 saturated carbocycles. The van der Waals surface area contributed by atoms with Gasteiger partial charge in [-0.1, -0.05) is 24.8 Å². The zero-order valence-electron chi connectivity index (χ0n) is 14.5. The lowest BCUT2D eigenvalue weighted by molar-refractivity contribution is 0.0482. The lowest BCUT2D eigenvalue weighted by Gasteiger charge is -2.36. The van der Waals surface area contributed by atoms with Crippen LogP contribution in [0.5, 0.6) is 5.75 Å². The van der Waals surface area contributed by atoms with Crippen LogP contribution in [0.2, 0.25) is 0 Å². The van der Waals surface area contributed by atoms with Gasteiger partial charge in [0, 0.05) is 10.9 Å². The summed E-state index contributed by atoms with van der Waals surface area (Å²) in [5, 5.41) is 20.4. The highest BCUT2D eigenvalue weighted by molar-refractivity contribution is 8.24. The molecule has 10 heteroatoms. The van der Waals surface area contributed by atoms with Gasteiger partial charge < -0.3 is 19.9 Å². The van der Waals surface area contributed by atoms with Crippen LogP contribution in [0.25, 0.3) is 10.9 Å². The van der Waals surface area contributed by atoms with Crippen molar-refractivity contribution in [2.75, 3.05) is 17.5 Å². The summed E-state index contributed by atoms with van der Waals surface area (Å²) >= 11 is 0. The second kappa shape index (κ2) is 6.97. The van der Waals surface area contributed by atoms with E-state index < -0.39 is 23.2 Å². The highest BCUT2D eigenvalue weighted by Gasteiger charge is 2.36. The summed E-state index contributed by atoms with van der Waals surface area (Å²) in [5.74, 6) is -0.272. The quantitative estimate of drug-likeness (QED) is 0.431. The summed E-state index contributed by atoms with van der Waals surface area (Å²) in [7, 11) is -3.44. The van der Waals surface area contributed by atoms with Gasteiger partial charge in [0.1, 0.15) is 23.4 Å². The Kier molecular flexibility index (Phi) is 5.04. The van der Waals surface area contributed by atoms with Crippen LogP contribution in [0.3, 0.4) is 0 Å². The molecule has 1 aliphatic heterocycles. The first-order chi connectivity index (χ1) is 12.2. The molecule has 3 rings (SSSR count). The summed E-state index contributed by atoms with van der Waals surface area (Å²) < 4.78 is 28.6. The molecule has 1 atom stereocenters. The summed E-state index contributed by atoms with van der Waals surface area (Å²) in [6, 6.07) is 4.46. The van der Waals surface area contributed by atoms with Crippen molar-refractivity contribution in [2.24, 2.45) is 5.92 Å². The minimum Gasteiger partial charge on any atom is -0.506 e. The molecule has 0 aliphatic carbocycles. The van der Waals surface area contributed by atoms with Gasteiger partial charge >= 0.3 is 5.97 Å². The Morgan fingerprint density at radius 2 is 2.12 bits per heavy atom. The predicted octanol–water partition coefficient (Wildman–Crippen LogP) is 2.38. The molecule has 0 bridgehead atoms. The number of carbonyl (C=O) groups excluding carboxylic acids is 1. The molecule has 0 radical (unpaired) electrons. The van der Waals surface area contributed by atoms with Crippen molar-refractivity contribution in [3.8, 4) is 5.75 Å². The molecule has 1 saturated heterocycles. The van der Waals surface area contributed by atoms with Crippen molar-refractivity contribution in [1.82, 2.24) is 9.71 Å². The first-order valence-corrected chi connectivity index (χ1v) is 9.72. The molecule has 1 unspecified atom stereocenters. The normalized spacial score (nSPS) is 20.7. The molecule has 26 heavy (non-hydrogen) atoms. The van der Waals surface area contributed by atoms with E-state index in [1.54, 1.807) is 6.07 Å². The number of fused-ring (bicyclic) bond motifs is 1. The second-order valence-corrected chi connectivity index (χ2v) is 8.36. The van der Waals surface area contributed by atoms with Crippen molar-refractivity contribution in [3.63, 3.8) is 0 Å². The average molecular weight is 385 g/mol. The highest BCUT2D eigenvalue weighted by atomic mass is 32.3. The Hall–Kier alpha value is -1.98. The molecule has 0 spiro atoms. The number of aromatic hydroxyl groups is 1. The summed E-state index contributed by atoms with van der Waals surface area (Å²) in [6.45, 7) is 4.29. The van der Waals surface area contributed by atoms with Crippen LogP contribution in [-0.4, -0.2) is 49.7 Å². The summed E-state index contributed by atoms with van der Waals surface area (Å²) in [5.41, 5.74) is 0.889. The molecule has 6 N–H and O–H groups in total. The number of aromatic amines is 1. The van der Waals surface area contributed by atoms with Crippen LogP contribution in [0, 0.1) is 5.92 Å². The number of benzene rings is 1. The number of hydrogen-bond acceptors (Lipinski definition) is 8. The Morgan fingerprint density at radius 1 is 1.38 bits per heavy atom. The minimum atomic E-state index is -3.44. The number of β-amino-alcohol motifs (C(OH)–C–C–N with tert-alkyl or cyclic N) is 1. The van der Waals surface area contributed by atoms with Crippen molar-refractivity contribution < 1.29 is 28.8 Å². The standard InChI is InChI=1S/C16H23N3O6S/c1-9(2)3-4-25-16(22)12-5-10-6-14(20)13(7-11(10)17-12)19-8-15(21)18-26(19,23)24/h5-7,9,15,17-18,20-21,23-24H,3-4,8H2,1-2H3. The number of carbonyl (C=O) groups is 1. The molecule has 9 nitrogen and oxygen atoms in total. The van der Waals surface area contributed by atoms with Gasteiger partial charge in [0.05, 0.1) is 13.2 Å². The molecular weight excluding hydrogens is 362 g/mol. The van der Waals surface area contributed by atoms with Crippen molar-refractivity contribution in [3.05, 3.63) is 23.9 Å². The van der Waals surface area contributed by atoms with Gasteiger partial charge in [-0.2, -0.15) is 4.72 Å². The SMILES string of the molecule is CC(C)CCOC(=O)c1cc2cc(O)c(N3CC(O)NS3(O)O)cc2[nH]1. The van der Waals surface area contributed by atoms with E-state index in [0.29, 0.717) is 23.4 Å². The van der Waals surface area contributed by atoms with E-state index in [-0.39, 0.29) is 23.7 Å². The van der Waals surface area contributed by atoms with Crippen LogP contribution < -0.4 is 9.03 Å². The number of phenolic OH excluding ortho intramolecular Hbond substituents is 1. The number of ether oxygens (including phenoxy) is 1. The highest BCUT2D eigenvalue weighted by Crippen LogP contribution is 2.50. The monoisotopic (exact) mass is 385 g/mol. The number of anilines is 1. The Morgan fingerprint density at radius 3 is 2.73 bits per heavy atom. The number of aliphatic hydroxyl groups is 1. The van der Waals surface area contributed by atoms with Gasteiger partial charge in [-0.25, -0.2) is 4.79 Å². The van der Waals surface area contributed by atoms with E-state index in [0.717, 1.165) is 10.7 Å². The molecule has 1 aromatic heterocycles. The fraction of sp³-hybridized carbons (Fsp3) is 0.438. The van der Waals surface area contributed by atoms with Crippen LogP contribution >= 0.6 is 11.0 Å². The van der Waals surface area contributed by atoms with Crippen molar-refractivity contribution >= 4 is 33.5 Å². The third-order valence-corrected chi connectivity index (χ3v) is 5.62. The number of H-pyrrole nitrogens is 1. The predicted molar refractivity (Wildman–Crippen MR) is 99.0 cm³/mol. The Bertz CT molecular complexity index is 822. The Labute approximate surface area is 152 Å². The van der Waals surface area contributed by atoms with Gasteiger partial charge in [-0.3, -0.25) is 13.4 Å². The lowest BCUT2D eigenvalue weighted by Crippen LogP contribution is -2.25. The lowest BCUT2D eigenvalue weighted by atomic mass is 10.1. The number of nitrogens with one attached hydrogen (secondary N) is 2. The Balaban J connectivity index is 1.86. The fourth-order valence-electron chi connectivity index (χ4n) is 2.71. The number of hydrogen-bond donors (Lipinski definition) is 6. The van der Waals surface area contributed by atoms with Crippen LogP contribution in [-0.2, 0) is 4.74 Å². The third kappa shape index (κ3) is 3.74. The van der Waals surface area contributed by atoms with Crippen LogP contribution in [0.1, 0.15) is 30.8 Å². The maximum atomic E-state index is 12.1. The molecule has 144 valence electrons. The number of esters is 1. The smallest absolute Gasteiger partial charge is 0.354 e. The third-order valence-electron chi connectivity index (χ3n) is 4.07. The second-order valence-electron chi connectivity index (χ2n) is 6.64. The first kappa shape index (κ1) is 18.8. The average Bonchev–Trinajstić information content (AvgIpc) is 3.05. The van der Waals surface area contributed by atoms with E-state index in [2.05, 4.69) is 9.71 Å². The molecular formula is C16H23N3O6S. The summed E-state index contributed by atoms with van der Waals surface area (Å²) in [6.07, 6.45) is -0.371. The molecule has 1 aromatic carbocycles. The van der Waals surface area contributed by atoms with E-state index >= 15 is 0 Å². The zero-order chi connectivity index (χ0) is 19.1. The van der Waals surface area contributed by atoms with Crippen molar-refractivity contribution in [2.45, 2.75) is 26.5 Å². The molecule has 0 amide bonds. The van der Waals surface area contributed by atoms with E-state index in [4.69, 9.17) is 4.74 Å². The number of nitrogens with zero attached hydrogens (tertiary/aromatic N) is 1. The van der Waals surface area contributed by atoms with Crippen molar-refractivity contribution in [1.29, 1.82) is 0 Å². The molecule has 2 aromatic rings. The topological polar surface area (TPSA) is 138 Å². The van der Waals surface area contributed by atoms with E-state index in [1.165, 1.54) is 12.1 Å². The van der Waals surface area contributed by atoms with Gasteiger partial charge in [0.15, 0.2) is 0 Å². The van der Waals surface area contributed by atoms with E-state index in [1.807, 2.05) is 13.8 Å². The maximum absolute atomic E-state index is 12.1.